The Balaban J connectivity index is 1.62. The van der Waals surface area contributed by atoms with E-state index in [1.165, 1.54) is 5.69 Å². The number of carbonyl (C=O) groups is 1. The van der Waals surface area contributed by atoms with Gasteiger partial charge >= 0.3 is 0 Å². The van der Waals surface area contributed by atoms with E-state index in [0.717, 1.165) is 42.2 Å². The van der Waals surface area contributed by atoms with E-state index < -0.39 is 0 Å². The number of ether oxygens (including phenoxy) is 1. The van der Waals surface area contributed by atoms with Gasteiger partial charge in [0.2, 0.25) is 0 Å². The number of nitrogens with one attached hydrogen (secondary N) is 1. The lowest BCUT2D eigenvalue weighted by molar-refractivity contribution is 0.104. The topological polar surface area (TPSA) is 41.6 Å². The van der Waals surface area contributed by atoms with Crippen LogP contribution in [-0.4, -0.2) is 32.1 Å². The highest BCUT2D eigenvalue weighted by Gasteiger charge is 2.10. The number of benzene rings is 2. The molecule has 130 valence electrons. The Morgan fingerprint density at radius 2 is 1.72 bits per heavy atom. The van der Waals surface area contributed by atoms with Gasteiger partial charge < -0.3 is 15.0 Å². The van der Waals surface area contributed by atoms with E-state index in [4.69, 9.17) is 4.74 Å². The van der Waals surface area contributed by atoms with Crippen molar-refractivity contribution >= 4 is 33.1 Å². The van der Waals surface area contributed by atoms with Gasteiger partial charge in [0.25, 0.3) is 0 Å². The van der Waals surface area contributed by atoms with E-state index in [1.807, 2.05) is 43.3 Å². The van der Waals surface area contributed by atoms with Crippen LogP contribution >= 0.6 is 15.9 Å². The number of nitrogens with zero attached hydrogens (tertiary/aromatic N) is 1. The smallest absolute Gasteiger partial charge is 0.187 e. The molecule has 0 radical (unpaired) electrons. The Kier molecular flexibility index (Phi) is 5.89. The highest BCUT2D eigenvalue weighted by Crippen LogP contribution is 2.20. The first-order chi connectivity index (χ1) is 12.1. The lowest BCUT2D eigenvalue weighted by atomic mass is 10.1. The zero-order valence-corrected chi connectivity index (χ0v) is 15.8. The number of carbonyl (C=O) groups excluding carboxylic acids is 1. The molecule has 2 aromatic rings. The lowest BCUT2D eigenvalue weighted by Crippen LogP contribution is -2.36. The minimum absolute atomic E-state index is 0.0116. The largest absolute Gasteiger partial charge is 0.378 e. The van der Waals surface area contributed by atoms with Gasteiger partial charge in [-0.15, -0.1) is 0 Å². The van der Waals surface area contributed by atoms with Gasteiger partial charge in [0, 0.05) is 46.3 Å². The molecule has 0 spiro atoms. The molecule has 0 unspecified atom stereocenters. The molecule has 2 aromatic carbocycles. The second-order valence-electron chi connectivity index (χ2n) is 5.97. The molecule has 0 atom stereocenters. The molecular weight excluding hydrogens is 380 g/mol. The zero-order valence-electron chi connectivity index (χ0n) is 14.2. The molecule has 3 rings (SSSR count). The highest BCUT2D eigenvalue weighted by atomic mass is 79.9. The number of morpholine rings is 1. The molecule has 0 bridgehead atoms. The van der Waals surface area contributed by atoms with Crippen molar-refractivity contribution in [3.05, 3.63) is 70.3 Å². The molecule has 1 aliphatic rings. The van der Waals surface area contributed by atoms with Gasteiger partial charge in [-0.25, -0.2) is 0 Å². The standard InChI is InChI=1S/C20H21BrN2O2/c1-15(14-20(24)16-2-4-17(21)5-3-16)22-18-6-8-19(9-7-18)23-10-12-25-13-11-23/h2-9,14,22H,10-13H2,1H3/b15-14-. The Morgan fingerprint density at radius 3 is 2.36 bits per heavy atom. The summed E-state index contributed by atoms with van der Waals surface area (Å²) < 4.78 is 6.34. The number of ketones is 1. The minimum Gasteiger partial charge on any atom is -0.378 e. The van der Waals surface area contributed by atoms with Crippen molar-refractivity contribution in [3.8, 4) is 0 Å². The fourth-order valence-corrected chi connectivity index (χ4v) is 3.00. The zero-order chi connectivity index (χ0) is 17.6. The predicted molar refractivity (Wildman–Crippen MR) is 105 cm³/mol. The first-order valence-corrected chi connectivity index (χ1v) is 9.09. The van der Waals surface area contributed by atoms with Crippen molar-refractivity contribution in [2.24, 2.45) is 0 Å². The second-order valence-corrected chi connectivity index (χ2v) is 6.89. The van der Waals surface area contributed by atoms with E-state index in [9.17, 15) is 4.79 Å². The summed E-state index contributed by atoms with van der Waals surface area (Å²) in [6, 6.07) is 15.6. The van der Waals surface area contributed by atoms with E-state index in [0.29, 0.717) is 5.56 Å². The average Bonchev–Trinajstić information content (AvgIpc) is 2.63. The van der Waals surface area contributed by atoms with Gasteiger partial charge in [0.05, 0.1) is 13.2 Å². The van der Waals surface area contributed by atoms with Crippen LogP contribution in [0.5, 0.6) is 0 Å². The van der Waals surface area contributed by atoms with Gasteiger partial charge in [-0.2, -0.15) is 0 Å². The van der Waals surface area contributed by atoms with Crippen LogP contribution in [0.25, 0.3) is 0 Å². The molecule has 25 heavy (non-hydrogen) atoms. The maximum absolute atomic E-state index is 12.3. The predicted octanol–water partition coefficient (Wildman–Crippen LogP) is 4.48. The maximum Gasteiger partial charge on any atom is 0.187 e. The Hall–Kier alpha value is -2.11. The summed E-state index contributed by atoms with van der Waals surface area (Å²) >= 11 is 3.37. The number of rotatable bonds is 5. The maximum atomic E-state index is 12.3. The van der Waals surface area contributed by atoms with Crippen molar-refractivity contribution in [3.63, 3.8) is 0 Å². The molecular formula is C20H21BrN2O2. The fourth-order valence-electron chi connectivity index (χ4n) is 2.74. The van der Waals surface area contributed by atoms with Crippen LogP contribution in [0.3, 0.4) is 0 Å². The number of halogens is 1. The van der Waals surface area contributed by atoms with Gasteiger partial charge in [0.1, 0.15) is 0 Å². The van der Waals surface area contributed by atoms with Crippen molar-refractivity contribution in [2.75, 3.05) is 36.5 Å². The molecule has 1 aliphatic heterocycles. The summed E-state index contributed by atoms with van der Waals surface area (Å²) in [7, 11) is 0. The van der Waals surface area contributed by atoms with Gasteiger partial charge in [0.15, 0.2) is 5.78 Å². The van der Waals surface area contributed by atoms with Crippen LogP contribution in [0, 0.1) is 0 Å². The van der Waals surface area contributed by atoms with Crippen LogP contribution < -0.4 is 10.2 Å². The molecule has 1 N–H and O–H groups in total. The summed E-state index contributed by atoms with van der Waals surface area (Å²) in [6.07, 6.45) is 1.62. The normalized spacial score (nSPS) is 15.1. The van der Waals surface area contributed by atoms with Crippen LogP contribution in [0.1, 0.15) is 17.3 Å². The average molecular weight is 401 g/mol. The molecule has 5 heteroatoms. The van der Waals surface area contributed by atoms with Crippen LogP contribution in [-0.2, 0) is 4.74 Å². The lowest BCUT2D eigenvalue weighted by Gasteiger charge is -2.29. The molecule has 0 aromatic heterocycles. The number of allylic oxidation sites excluding steroid dienone is 2. The molecule has 4 nitrogen and oxygen atoms in total. The van der Waals surface area contributed by atoms with E-state index in [1.54, 1.807) is 6.08 Å². The third-order valence-electron chi connectivity index (χ3n) is 4.06. The molecule has 1 heterocycles. The first kappa shape index (κ1) is 17.7. The second kappa shape index (κ2) is 8.32. The summed E-state index contributed by atoms with van der Waals surface area (Å²) in [4.78, 5) is 14.6. The molecule has 0 saturated carbocycles. The number of hydrogen-bond donors (Lipinski definition) is 1. The van der Waals surface area contributed by atoms with Crippen molar-refractivity contribution in [1.82, 2.24) is 0 Å². The van der Waals surface area contributed by atoms with Gasteiger partial charge in [-0.3, -0.25) is 4.79 Å². The summed E-state index contributed by atoms with van der Waals surface area (Å²) in [5.74, 6) is -0.0116. The van der Waals surface area contributed by atoms with Gasteiger partial charge in [-0.1, -0.05) is 15.9 Å². The van der Waals surface area contributed by atoms with Crippen LogP contribution in [0.4, 0.5) is 11.4 Å². The van der Waals surface area contributed by atoms with Crippen molar-refractivity contribution < 1.29 is 9.53 Å². The first-order valence-electron chi connectivity index (χ1n) is 8.30. The highest BCUT2D eigenvalue weighted by molar-refractivity contribution is 9.10. The molecule has 0 amide bonds. The van der Waals surface area contributed by atoms with Crippen LogP contribution in [0.15, 0.2) is 64.8 Å². The Bertz CT molecular complexity index is 748. The Labute approximate surface area is 156 Å². The number of hydrogen-bond acceptors (Lipinski definition) is 4. The third-order valence-corrected chi connectivity index (χ3v) is 4.59. The summed E-state index contributed by atoms with van der Waals surface area (Å²) in [6.45, 7) is 5.30. The van der Waals surface area contributed by atoms with Gasteiger partial charge in [-0.05, 0) is 55.5 Å². The van der Waals surface area contributed by atoms with Crippen molar-refractivity contribution in [1.29, 1.82) is 0 Å². The van der Waals surface area contributed by atoms with E-state index in [-0.39, 0.29) is 5.78 Å². The fraction of sp³-hybridized carbons (Fsp3) is 0.250. The third kappa shape index (κ3) is 4.94. The molecule has 1 saturated heterocycles. The quantitative estimate of drug-likeness (QED) is 0.593. The van der Waals surface area contributed by atoms with Crippen LogP contribution in [0.2, 0.25) is 0 Å². The molecule has 0 aliphatic carbocycles. The minimum atomic E-state index is -0.0116. The van der Waals surface area contributed by atoms with E-state index >= 15 is 0 Å². The van der Waals surface area contributed by atoms with Crippen molar-refractivity contribution in [2.45, 2.75) is 6.92 Å². The molecule has 1 fully saturated rings. The van der Waals surface area contributed by atoms with E-state index in [2.05, 4.69) is 38.3 Å². The SMILES string of the molecule is C/C(=C/C(=O)c1ccc(Br)cc1)Nc1ccc(N2CCOCC2)cc1. The monoisotopic (exact) mass is 400 g/mol. The summed E-state index contributed by atoms with van der Waals surface area (Å²) in [5, 5.41) is 3.27. The number of anilines is 2. The summed E-state index contributed by atoms with van der Waals surface area (Å²) in [5.41, 5.74) is 3.65. The Morgan fingerprint density at radius 1 is 1.08 bits per heavy atom.